The topological polar surface area (TPSA) is 40.6 Å². The molecule has 0 unspecified atom stereocenters. The molecule has 3 heterocycles. The summed E-state index contributed by atoms with van der Waals surface area (Å²) < 4.78 is 29.9. The molecule has 0 atom stereocenters. The number of nitrogens with zero attached hydrogens (tertiary/aromatic N) is 2. The van der Waals surface area contributed by atoms with Gasteiger partial charge in [0.05, 0.1) is 32.5 Å². The van der Waals surface area contributed by atoms with Gasteiger partial charge in [0, 0.05) is 39.0 Å². The van der Waals surface area contributed by atoms with Crippen molar-refractivity contribution in [3.05, 3.63) is 191 Å². The molecular weight excluding hydrogens is 753 g/mol. The lowest BCUT2D eigenvalue weighted by molar-refractivity contribution is 0.556. The summed E-state index contributed by atoms with van der Waals surface area (Å²) in [6.45, 7) is 13.0. The van der Waals surface area contributed by atoms with E-state index in [1.54, 1.807) is 0 Å². The molecule has 0 N–H and O–H groups in total. The second kappa shape index (κ2) is 12.9. The zero-order valence-corrected chi connectivity index (χ0v) is 35.4. The van der Waals surface area contributed by atoms with Crippen LogP contribution in [-0.4, -0.2) is 8.42 Å². The van der Waals surface area contributed by atoms with Gasteiger partial charge in [0.15, 0.2) is 0 Å². The van der Waals surface area contributed by atoms with Gasteiger partial charge in [-0.05, 0) is 120 Å². The van der Waals surface area contributed by atoms with E-state index in [2.05, 4.69) is 185 Å². The Bertz CT molecular complexity index is 2910. The van der Waals surface area contributed by atoms with E-state index in [-0.39, 0.29) is 0 Å². The lowest BCUT2D eigenvalue weighted by atomic mass is 9.77. The molecule has 5 heteroatoms. The average molecular weight is 797 g/mol. The Kier molecular flexibility index (Phi) is 7.83. The van der Waals surface area contributed by atoms with Gasteiger partial charge in [-0.25, -0.2) is 8.42 Å². The van der Waals surface area contributed by atoms with Crippen LogP contribution >= 0.6 is 0 Å². The third-order valence-corrected chi connectivity index (χ3v) is 15.1. The minimum Gasteiger partial charge on any atom is -0.309 e. The van der Waals surface area contributed by atoms with Crippen LogP contribution in [0.25, 0.3) is 44.5 Å². The second-order valence-corrected chi connectivity index (χ2v) is 19.0. The molecule has 8 aromatic rings. The van der Waals surface area contributed by atoms with Crippen LogP contribution in [0.2, 0.25) is 0 Å². The maximum absolute atomic E-state index is 14.9. The van der Waals surface area contributed by atoms with Crippen molar-refractivity contribution in [1.29, 1.82) is 0 Å². The summed E-state index contributed by atoms with van der Waals surface area (Å²) >= 11 is 0. The van der Waals surface area contributed by atoms with Crippen molar-refractivity contribution >= 4 is 44.0 Å². The Morgan fingerprint density at radius 1 is 0.367 bits per heavy atom. The van der Waals surface area contributed by atoms with Gasteiger partial charge in [-0.1, -0.05) is 135 Å². The molecule has 4 nitrogen and oxygen atoms in total. The van der Waals surface area contributed by atoms with Crippen LogP contribution in [0.4, 0.5) is 34.1 Å². The van der Waals surface area contributed by atoms with Crippen molar-refractivity contribution in [2.45, 2.75) is 56.7 Å². The van der Waals surface area contributed by atoms with E-state index in [9.17, 15) is 8.42 Å². The van der Waals surface area contributed by atoms with E-state index in [0.717, 1.165) is 89.8 Å². The van der Waals surface area contributed by atoms with Crippen LogP contribution in [0.3, 0.4) is 0 Å². The summed E-state index contributed by atoms with van der Waals surface area (Å²) in [5.41, 5.74) is 21.0. The minimum absolute atomic E-state index is 0.359. The third-order valence-electron chi connectivity index (χ3n) is 13.2. The van der Waals surface area contributed by atoms with Crippen LogP contribution in [0.5, 0.6) is 0 Å². The smallest absolute Gasteiger partial charge is 0.207 e. The third kappa shape index (κ3) is 4.99. The Hall–Kier alpha value is -6.69. The number of hydrogen-bond donors (Lipinski definition) is 0. The van der Waals surface area contributed by atoms with Crippen molar-refractivity contribution < 1.29 is 8.42 Å². The molecule has 60 heavy (non-hydrogen) atoms. The van der Waals surface area contributed by atoms with Crippen LogP contribution in [0, 0.1) is 27.7 Å². The maximum Gasteiger partial charge on any atom is 0.207 e. The summed E-state index contributed by atoms with van der Waals surface area (Å²) in [5.74, 6) is 0. The lowest BCUT2D eigenvalue weighted by Gasteiger charge is -2.38. The number of aryl methyl sites for hydroxylation is 4. The highest BCUT2D eigenvalue weighted by Gasteiger charge is 2.42. The Morgan fingerprint density at radius 2 is 0.650 bits per heavy atom. The van der Waals surface area contributed by atoms with E-state index in [0.29, 0.717) is 9.79 Å². The second-order valence-electron chi connectivity index (χ2n) is 17.1. The van der Waals surface area contributed by atoms with Crippen molar-refractivity contribution in [3.63, 3.8) is 0 Å². The summed E-state index contributed by atoms with van der Waals surface area (Å²) in [5, 5.41) is 0. The molecule has 0 fully saturated rings. The van der Waals surface area contributed by atoms with Gasteiger partial charge >= 0.3 is 0 Å². The molecule has 292 valence electrons. The molecular formula is C55H44N2O2S. The lowest BCUT2D eigenvalue weighted by Crippen LogP contribution is -2.30. The Balaban J connectivity index is 1.14. The molecule has 0 aliphatic carbocycles. The normalized spacial score (nSPS) is 14.8. The van der Waals surface area contributed by atoms with E-state index >= 15 is 0 Å². The standard InChI is InChI=1S/C55H44N2O2S/c1-33-15-11-23-43-39-19-7-8-20-40(39)44-24-12-16-34(2)52(44)56(51(33)43)37-27-29-49-47(31-37)55(5,6)48-32-38(28-30-50(48)60(49,58)59)57-53-35(3)17-13-25-45(53)41-21-9-10-22-42(41)46-26-14-18-36(4)54(46)57/h7-32H,1-6H3. The maximum atomic E-state index is 14.9. The molecule has 0 aromatic heterocycles. The van der Waals surface area contributed by atoms with E-state index in [1.165, 1.54) is 22.3 Å². The Labute approximate surface area is 353 Å². The fourth-order valence-electron chi connectivity index (χ4n) is 10.4. The molecule has 0 bridgehead atoms. The number of anilines is 6. The van der Waals surface area contributed by atoms with Gasteiger partial charge < -0.3 is 9.80 Å². The number of para-hydroxylation sites is 4. The molecule has 0 spiro atoms. The van der Waals surface area contributed by atoms with Gasteiger partial charge in [0.25, 0.3) is 0 Å². The zero-order valence-electron chi connectivity index (χ0n) is 34.6. The number of rotatable bonds is 2. The number of hydrogen-bond acceptors (Lipinski definition) is 4. The van der Waals surface area contributed by atoms with E-state index in [4.69, 9.17) is 0 Å². The quantitative estimate of drug-likeness (QED) is 0.175. The van der Waals surface area contributed by atoms with E-state index in [1.807, 2.05) is 24.3 Å². The molecule has 0 radical (unpaired) electrons. The SMILES string of the molecule is Cc1cccc2c1N(c1ccc3c(c1)C(C)(C)c1cc(N4c5c(C)cccc5-c5ccccc5-c5cccc(C)c54)ccc1S3(=O)=O)c1c(C)cccc1-c1ccccc1-2. The van der Waals surface area contributed by atoms with E-state index < -0.39 is 15.3 Å². The minimum atomic E-state index is -3.88. The first kappa shape index (κ1) is 36.4. The Morgan fingerprint density at radius 3 is 0.950 bits per heavy atom. The first-order chi connectivity index (χ1) is 29.0. The monoisotopic (exact) mass is 796 g/mol. The largest absolute Gasteiger partial charge is 0.309 e. The summed E-state index contributed by atoms with van der Waals surface area (Å²) in [7, 11) is -3.88. The molecule has 0 amide bonds. The first-order valence-corrected chi connectivity index (χ1v) is 22.2. The summed E-state index contributed by atoms with van der Waals surface area (Å²) in [6.07, 6.45) is 0. The number of sulfone groups is 1. The highest BCUT2D eigenvalue weighted by molar-refractivity contribution is 7.91. The molecule has 8 aromatic carbocycles. The van der Waals surface area contributed by atoms with Crippen molar-refractivity contribution in [1.82, 2.24) is 0 Å². The highest BCUT2D eigenvalue weighted by atomic mass is 32.2. The number of fused-ring (bicyclic) bond motifs is 12. The van der Waals surface area contributed by atoms with Crippen molar-refractivity contribution in [2.24, 2.45) is 0 Å². The van der Waals surface area contributed by atoms with Gasteiger partial charge in [-0.2, -0.15) is 0 Å². The van der Waals surface area contributed by atoms with Crippen LogP contribution < -0.4 is 9.80 Å². The predicted molar refractivity (Wildman–Crippen MR) is 248 cm³/mol. The fraction of sp³-hybridized carbons (Fsp3) is 0.127. The van der Waals surface area contributed by atoms with Gasteiger partial charge in [0.1, 0.15) is 0 Å². The predicted octanol–water partition coefficient (Wildman–Crippen LogP) is 14.6. The van der Waals surface area contributed by atoms with Crippen LogP contribution in [-0.2, 0) is 15.3 Å². The molecule has 11 rings (SSSR count). The zero-order chi connectivity index (χ0) is 41.2. The highest BCUT2D eigenvalue weighted by Crippen LogP contribution is 2.57. The fourth-order valence-corrected chi connectivity index (χ4v) is 12.3. The van der Waals surface area contributed by atoms with Gasteiger partial charge in [-0.3, -0.25) is 0 Å². The first-order valence-electron chi connectivity index (χ1n) is 20.7. The van der Waals surface area contributed by atoms with Crippen LogP contribution in [0.15, 0.2) is 168 Å². The van der Waals surface area contributed by atoms with Crippen LogP contribution in [0.1, 0.15) is 47.2 Å². The summed E-state index contributed by atoms with van der Waals surface area (Å²) in [4.78, 5) is 5.46. The van der Waals surface area contributed by atoms with Crippen molar-refractivity contribution in [3.8, 4) is 44.5 Å². The number of benzene rings is 8. The van der Waals surface area contributed by atoms with Gasteiger partial charge in [-0.15, -0.1) is 0 Å². The molecule has 0 saturated carbocycles. The summed E-state index contributed by atoms with van der Waals surface area (Å²) in [6, 6.07) is 55.3. The molecule has 3 aliphatic heterocycles. The average Bonchev–Trinajstić information content (AvgIpc) is 3.47. The molecule has 0 saturated heterocycles. The molecule has 3 aliphatic rings. The van der Waals surface area contributed by atoms with Crippen molar-refractivity contribution in [2.75, 3.05) is 9.80 Å². The van der Waals surface area contributed by atoms with Gasteiger partial charge in [0.2, 0.25) is 9.84 Å².